The Bertz CT molecular complexity index is 1680. The van der Waals surface area contributed by atoms with Crippen molar-refractivity contribution < 1.29 is 18.0 Å². The van der Waals surface area contributed by atoms with E-state index >= 15 is 0 Å². The molecule has 0 aromatic heterocycles. The number of carbonyl (C=O) groups excluding carboxylic acids is 2. The summed E-state index contributed by atoms with van der Waals surface area (Å²) in [6.45, 7) is 5.32. The number of carbonyl (C=O) groups is 2. The number of benzene rings is 4. The molecule has 0 aliphatic carbocycles. The first kappa shape index (κ1) is 33.7. The second-order valence-corrected chi connectivity index (χ2v) is 13.2. The standard InChI is InChI=1S/C36H40ClN3O4S/c1-4-27(3)38-36(42)34(24-28-16-8-6-9-17-28)39(25-30-19-12-14-22-32(30)37)35(41)26-40(33-23-15-13-18-29(33)5-2)45(43,44)31-20-10-7-11-21-31/h6-23,27,34H,4-5,24-26H2,1-3H3,(H,38,42)/t27-,34+/m0/s1. The first-order valence-corrected chi connectivity index (χ1v) is 17.0. The summed E-state index contributed by atoms with van der Waals surface area (Å²) >= 11 is 6.57. The van der Waals surface area contributed by atoms with Crippen molar-refractivity contribution in [3.05, 3.63) is 131 Å². The molecule has 0 bridgehead atoms. The molecule has 4 rings (SSSR count). The third-order valence-electron chi connectivity index (χ3n) is 7.82. The average Bonchev–Trinajstić information content (AvgIpc) is 3.06. The van der Waals surface area contributed by atoms with Crippen LogP contribution >= 0.6 is 11.6 Å². The van der Waals surface area contributed by atoms with E-state index in [-0.39, 0.29) is 29.8 Å². The Kier molecular flexibility index (Phi) is 11.8. The van der Waals surface area contributed by atoms with Gasteiger partial charge in [0.05, 0.1) is 10.6 Å². The van der Waals surface area contributed by atoms with Gasteiger partial charge in [-0.3, -0.25) is 13.9 Å². The first-order chi connectivity index (χ1) is 21.6. The predicted octanol–water partition coefficient (Wildman–Crippen LogP) is 6.65. The zero-order chi connectivity index (χ0) is 32.4. The molecule has 0 fully saturated rings. The van der Waals surface area contributed by atoms with Gasteiger partial charge in [-0.15, -0.1) is 0 Å². The molecule has 2 amide bonds. The lowest BCUT2D eigenvalue weighted by Gasteiger charge is -2.35. The van der Waals surface area contributed by atoms with E-state index in [1.54, 1.807) is 48.5 Å². The largest absolute Gasteiger partial charge is 0.352 e. The number of aryl methyl sites for hydroxylation is 1. The van der Waals surface area contributed by atoms with Gasteiger partial charge in [0.25, 0.3) is 10.0 Å². The van der Waals surface area contributed by atoms with Gasteiger partial charge in [-0.05, 0) is 60.7 Å². The Morgan fingerprint density at radius 2 is 1.38 bits per heavy atom. The SMILES string of the molecule is CCc1ccccc1N(CC(=O)N(Cc1ccccc1Cl)[C@H](Cc1ccccc1)C(=O)N[C@@H](C)CC)S(=O)(=O)c1ccccc1. The van der Waals surface area contributed by atoms with Gasteiger partial charge < -0.3 is 10.2 Å². The van der Waals surface area contributed by atoms with Crippen molar-refractivity contribution in [2.75, 3.05) is 10.8 Å². The van der Waals surface area contributed by atoms with Gasteiger partial charge in [0.15, 0.2) is 0 Å². The summed E-state index contributed by atoms with van der Waals surface area (Å²) in [7, 11) is -4.16. The minimum Gasteiger partial charge on any atom is -0.352 e. The van der Waals surface area contributed by atoms with Gasteiger partial charge in [0, 0.05) is 24.0 Å². The summed E-state index contributed by atoms with van der Waals surface area (Å²) in [4.78, 5) is 30.1. The molecule has 4 aromatic carbocycles. The van der Waals surface area contributed by atoms with Crippen LogP contribution < -0.4 is 9.62 Å². The number of halogens is 1. The topological polar surface area (TPSA) is 86.8 Å². The van der Waals surface area contributed by atoms with Crippen LogP contribution in [0.5, 0.6) is 0 Å². The van der Waals surface area contributed by atoms with Crippen LogP contribution in [0.25, 0.3) is 0 Å². The molecule has 0 saturated heterocycles. The number of amides is 2. The fraction of sp³-hybridized carbons (Fsp3) is 0.278. The van der Waals surface area contributed by atoms with Crippen molar-refractivity contribution >= 4 is 39.1 Å². The highest BCUT2D eigenvalue weighted by Gasteiger charge is 2.35. The molecule has 0 aliphatic heterocycles. The molecule has 0 saturated carbocycles. The number of nitrogens with one attached hydrogen (secondary N) is 1. The van der Waals surface area contributed by atoms with Crippen LogP contribution in [0.3, 0.4) is 0 Å². The Labute approximate surface area is 271 Å². The summed E-state index contributed by atoms with van der Waals surface area (Å²) in [6.07, 6.45) is 1.50. The zero-order valence-electron chi connectivity index (χ0n) is 25.9. The number of hydrogen-bond donors (Lipinski definition) is 1. The predicted molar refractivity (Wildman–Crippen MR) is 181 cm³/mol. The third kappa shape index (κ3) is 8.53. The van der Waals surface area contributed by atoms with E-state index in [2.05, 4.69) is 5.32 Å². The highest BCUT2D eigenvalue weighted by Crippen LogP contribution is 2.29. The molecule has 236 valence electrons. The molecule has 0 aliphatic rings. The number of nitrogens with zero attached hydrogens (tertiary/aromatic N) is 2. The van der Waals surface area contributed by atoms with E-state index < -0.39 is 28.5 Å². The highest BCUT2D eigenvalue weighted by molar-refractivity contribution is 7.92. The normalized spacial score (nSPS) is 12.6. The van der Waals surface area contributed by atoms with Crippen LogP contribution in [0.1, 0.15) is 43.9 Å². The van der Waals surface area contributed by atoms with Gasteiger partial charge in [0.2, 0.25) is 11.8 Å². The van der Waals surface area contributed by atoms with Crippen LogP contribution in [0.15, 0.2) is 114 Å². The van der Waals surface area contributed by atoms with E-state index in [0.29, 0.717) is 29.1 Å². The Morgan fingerprint density at radius 3 is 2.00 bits per heavy atom. The van der Waals surface area contributed by atoms with Crippen LogP contribution in [-0.2, 0) is 39.0 Å². The highest BCUT2D eigenvalue weighted by atomic mass is 35.5. The molecule has 45 heavy (non-hydrogen) atoms. The molecule has 9 heteroatoms. The molecular formula is C36H40ClN3O4S. The summed E-state index contributed by atoms with van der Waals surface area (Å²) in [5, 5.41) is 3.49. The number of para-hydroxylation sites is 1. The van der Waals surface area contributed by atoms with E-state index in [1.165, 1.54) is 17.0 Å². The van der Waals surface area contributed by atoms with Crippen LogP contribution in [0.2, 0.25) is 5.02 Å². The van der Waals surface area contributed by atoms with E-state index in [9.17, 15) is 18.0 Å². The summed E-state index contributed by atoms with van der Waals surface area (Å²) in [6, 6.07) is 30.8. The van der Waals surface area contributed by atoms with Crippen molar-refractivity contribution in [3.8, 4) is 0 Å². The van der Waals surface area contributed by atoms with E-state index in [0.717, 1.165) is 15.4 Å². The Morgan fingerprint density at radius 1 is 0.800 bits per heavy atom. The second kappa shape index (κ2) is 15.7. The fourth-order valence-electron chi connectivity index (χ4n) is 5.09. The van der Waals surface area contributed by atoms with E-state index in [4.69, 9.17) is 11.6 Å². The number of hydrogen-bond acceptors (Lipinski definition) is 4. The molecular weight excluding hydrogens is 606 g/mol. The number of sulfonamides is 1. The maximum atomic E-state index is 14.6. The smallest absolute Gasteiger partial charge is 0.264 e. The third-order valence-corrected chi connectivity index (χ3v) is 9.96. The molecule has 4 aromatic rings. The van der Waals surface area contributed by atoms with Gasteiger partial charge in [-0.25, -0.2) is 8.42 Å². The molecule has 2 atom stereocenters. The van der Waals surface area contributed by atoms with Crippen LogP contribution in [-0.4, -0.2) is 43.8 Å². The van der Waals surface area contributed by atoms with Crippen molar-refractivity contribution in [3.63, 3.8) is 0 Å². The van der Waals surface area contributed by atoms with Gasteiger partial charge >= 0.3 is 0 Å². The molecule has 0 heterocycles. The minimum absolute atomic E-state index is 0.0125. The molecule has 7 nitrogen and oxygen atoms in total. The number of anilines is 1. The lowest BCUT2D eigenvalue weighted by atomic mass is 10.0. The van der Waals surface area contributed by atoms with Crippen molar-refractivity contribution in [2.45, 2.75) is 63.6 Å². The van der Waals surface area contributed by atoms with Crippen LogP contribution in [0, 0.1) is 0 Å². The van der Waals surface area contributed by atoms with Crippen molar-refractivity contribution in [1.82, 2.24) is 10.2 Å². The van der Waals surface area contributed by atoms with Gasteiger partial charge in [0.1, 0.15) is 12.6 Å². The first-order valence-electron chi connectivity index (χ1n) is 15.2. The Hall–Kier alpha value is -4.14. The second-order valence-electron chi connectivity index (χ2n) is 10.9. The maximum Gasteiger partial charge on any atom is 0.264 e. The molecule has 0 spiro atoms. The lowest BCUT2D eigenvalue weighted by molar-refractivity contribution is -0.140. The van der Waals surface area contributed by atoms with Gasteiger partial charge in [-0.1, -0.05) is 110 Å². The van der Waals surface area contributed by atoms with E-state index in [1.807, 2.05) is 69.3 Å². The zero-order valence-corrected chi connectivity index (χ0v) is 27.5. The fourth-order valence-corrected chi connectivity index (χ4v) is 6.76. The molecule has 1 N–H and O–H groups in total. The summed E-state index contributed by atoms with van der Waals surface area (Å²) in [5.74, 6) is -0.847. The van der Waals surface area contributed by atoms with Crippen LogP contribution in [0.4, 0.5) is 5.69 Å². The maximum absolute atomic E-state index is 14.6. The van der Waals surface area contributed by atoms with Gasteiger partial charge in [-0.2, -0.15) is 0 Å². The lowest BCUT2D eigenvalue weighted by Crippen LogP contribution is -2.54. The monoisotopic (exact) mass is 645 g/mol. The van der Waals surface area contributed by atoms with Crippen molar-refractivity contribution in [2.24, 2.45) is 0 Å². The minimum atomic E-state index is -4.16. The average molecular weight is 646 g/mol. The van der Waals surface area contributed by atoms with Crippen molar-refractivity contribution in [1.29, 1.82) is 0 Å². The Balaban J connectivity index is 1.84. The quantitative estimate of drug-likeness (QED) is 0.166. The number of rotatable bonds is 14. The summed E-state index contributed by atoms with van der Waals surface area (Å²) in [5.41, 5.74) is 2.70. The summed E-state index contributed by atoms with van der Waals surface area (Å²) < 4.78 is 29.6. The molecule has 0 unspecified atom stereocenters. The molecule has 0 radical (unpaired) electrons.